The maximum absolute atomic E-state index is 8.75. The zero-order chi connectivity index (χ0) is 14.2. The summed E-state index contributed by atoms with van der Waals surface area (Å²) >= 11 is 0. The van der Waals surface area contributed by atoms with Crippen LogP contribution in [0.3, 0.4) is 0 Å². The molecular weight excluding hydrogens is 250 g/mol. The molecule has 0 aliphatic heterocycles. The Labute approximate surface area is 116 Å². The van der Waals surface area contributed by atoms with Crippen molar-refractivity contribution in [3.05, 3.63) is 60.2 Å². The molecule has 0 aromatic heterocycles. The van der Waals surface area contributed by atoms with Gasteiger partial charge in [-0.1, -0.05) is 18.2 Å². The maximum Gasteiger partial charge on any atom is 0.214 e. The van der Waals surface area contributed by atoms with Crippen molar-refractivity contribution >= 4 is 17.3 Å². The van der Waals surface area contributed by atoms with Crippen molar-refractivity contribution < 1.29 is 0 Å². The van der Waals surface area contributed by atoms with Crippen LogP contribution < -0.4 is 10.6 Å². The van der Waals surface area contributed by atoms with E-state index in [2.05, 4.69) is 15.6 Å². The first-order valence-corrected chi connectivity index (χ1v) is 5.88. The fraction of sp³-hybridized carbons (Fsp3) is 0. The molecule has 2 aromatic carbocycles. The van der Waals surface area contributed by atoms with E-state index in [9.17, 15) is 0 Å². The predicted octanol–water partition coefficient (Wildman–Crippen LogP) is 2.73. The maximum atomic E-state index is 8.75. The van der Waals surface area contributed by atoms with E-state index < -0.39 is 0 Å². The molecule has 0 atom stereocenters. The van der Waals surface area contributed by atoms with E-state index in [1.165, 1.54) is 0 Å². The smallest absolute Gasteiger partial charge is 0.214 e. The van der Waals surface area contributed by atoms with E-state index in [1.54, 1.807) is 24.3 Å². The third-order valence-electron chi connectivity index (χ3n) is 2.45. The summed E-state index contributed by atoms with van der Waals surface area (Å²) in [6.45, 7) is 0. The van der Waals surface area contributed by atoms with Crippen LogP contribution in [-0.4, -0.2) is 5.96 Å². The lowest BCUT2D eigenvalue weighted by Crippen LogP contribution is -2.26. The number of aliphatic imine (C=N–C) groups is 1. The molecule has 0 saturated heterocycles. The number of rotatable bonds is 2. The largest absolute Gasteiger partial charge is 0.325 e. The first-order chi connectivity index (χ1) is 9.81. The quantitative estimate of drug-likeness (QED) is 0.377. The minimum Gasteiger partial charge on any atom is -0.325 e. The number of nitrogens with one attached hydrogen (secondary N) is 2. The Morgan fingerprint density at radius 3 is 2.25 bits per heavy atom. The van der Waals surface area contributed by atoms with Crippen molar-refractivity contribution in [2.45, 2.75) is 0 Å². The standard InChI is InChI=1S/C15H11N5/c16-10-12-6-8-14(9-7-12)20-15(18-11-17)19-13-4-2-1-3-5-13/h1-9H,(H2,18,19,20). The van der Waals surface area contributed by atoms with Gasteiger partial charge >= 0.3 is 0 Å². The van der Waals surface area contributed by atoms with Crippen LogP contribution in [0.25, 0.3) is 0 Å². The molecule has 0 heterocycles. The van der Waals surface area contributed by atoms with Gasteiger partial charge in [-0.15, -0.1) is 0 Å². The summed E-state index contributed by atoms with van der Waals surface area (Å²) in [5.74, 6) is 0.323. The highest BCUT2D eigenvalue weighted by atomic mass is 15.2. The molecule has 5 heteroatoms. The molecular formula is C15H11N5. The van der Waals surface area contributed by atoms with Crippen molar-refractivity contribution in [3.63, 3.8) is 0 Å². The number of hydrogen-bond acceptors (Lipinski definition) is 3. The average molecular weight is 261 g/mol. The van der Waals surface area contributed by atoms with Gasteiger partial charge in [-0.25, -0.2) is 4.99 Å². The fourth-order valence-electron chi connectivity index (χ4n) is 1.54. The number of anilines is 1. The topological polar surface area (TPSA) is 84.0 Å². The van der Waals surface area contributed by atoms with E-state index in [0.29, 0.717) is 17.2 Å². The summed E-state index contributed by atoms with van der Waals surface area (Å²) in [4.78, 5) is 4.28. The first-order valence-electron chi connectivity index (χ1n) is 5.88. The monoisotopic (exact) mass is 261 g/mol. The normalized spacial score (nSPS) is 10.2. The minimum absolute atomic E-state index is 0.323. The van der Waals surface area contributed by atoms with E-state index in [4.69, 9.17) is 10.5 Å². The molecule has 0 bridgehead atoms. The molecule has 2 aromatic rings. The highest BCUT2D eigenvalue weighted by molar-refractivity contribution is 5.96. The second-order valence-electron chi connectivity index (χ2n) is 3.85. The molecule has 0 aliphatic carbocycles. The van der Waals surface area contributed by atoms with E-state index in [-0.39, 0.29) is 0 Å². The molecule has 0 fully saturated rings. The van der Waals surface area contributed by atoms with Crippen LogP contribution in [0, 0.1) is 22.8 Å². The van der Waals surface area contributed by atoms with Gasteiger partial charge in [0.15, 0.2) is 6.19 Å². The van der Waals surface area contributed by atoms with Crippen LogP contribution >= 0.6 is 0 Å². The number of nitrogens with zero attached hydrogens (tertiary/aromatic N) is 3. The predicted molar refractivity (Wildman–Crippen MR) is 77.1 cm³/mol. The lowest BCUT2D eigenvalue weighted by molar-refractivity contribution is 1.23. The van der Waals surface area contributed by atoms with E-state index >= 15 is 0 Å². The Balaban J connectivity index is 2.21. The molecule has 0 radical (unpaired) electrons. The van der Waals surface area contributed by atoms with Crippen LogP contribution in [-0.2, 0) is 0 Å². The van der Waals surface area contributed by atoms with E-state index in [0.717, 1.165) is 5.69 Å². The number of hydrogen-bond donors (Lipinski definition) is 2. The summed E-state index contributed by atoms with van der Waals surface area (Å²) in [5.41, 5.74) is 2.03. The summed E-state index contributed by atoms with van der Waals surface area (Å²) < 4.78 is 0. The third-order valence-corrected chi connectivity index (χ3v) is 2.45. The number of nitriles is 2. The molecule has 0 unspecified atom stereocenters. The molecule has 2 rings (SSSR count). The van der Waals surface area contributed by atoms with Crippen LogP contribution in [0.4, 0.5) is 11.4 Å². The van der Waals surface area contributed by atoms with Gasteiger partial charge in [-0.05, 0) is 36.4 Å². The Kier molecular flexibility index (Phi) is 4.32. The summed E-state index contributed by atoms with van der Waals surface area (Å²) in [7, 11) is 0. The van der Waals surface area contributed by atoms with Crippen molar-refractivity contribution in [2.75, 3.05) is 5.32 Å². The fourth-order valence-corrected chi connectivity index (χ4v) is 1.54. The highest BCUT2D eigenvalue weighted by Crippen LogP contribution is 2.13. The molecule has 5 nitrogen and oxygen atoms in total. The highest BCUT2D eigenvalue weighted by Gasteiger charge is 2.00. The van der Waals surface area contributed by atoms with Crippen LogP contribution in [0.1, 0.15) is 5.56 Å². The molecule has 0 saturated carbocycles. The summed E-state index contributed by atoms with van der Waals surface area (Å²) in [6, 6.07) is 18.2. The summed E-state index contributed by atoms with van der Waals surface area (Å²) in [5, 5.41) is 23.0. The molecule has 96 valence electrons. The van der Waals surface area contributed by atoms with E-state index in [1.807, 2.05) is 42.6 Å². The van der Waals surface area contributed by atoms with Gasteiger partial charge < -0.3 is 5.32 Å². The molecule has 0 amide bonds. The van der Waals surface area contributed by atoms with Crippen molar-refractivity contribution in [2.24, 2.45) is 4.99 Å². The van der Waals surface area contributed by atoms with Crippen LogP contribution in [0.15, 0.2) is 59.6 Å². The molecule has 0 aliphatic rings. The molecule has 0 spiro atoms. The molecule has 20 heavy (non-hydrogen) atoms. The molecule has 2 N–H and O–H groups in total. The van der Waals surface area contributed by atoms with Gasteiger partial charge in [-0.3, -0.25) is 5.32 Å². The average Bonchev–Trinajstić information content (AvgIpc) is 2.49. The van der Waals surface area contributed by atoms with Gasteiger partial charge in [0.1, 0.15) is 0 Å². The SMILES string of the molecule is N#CNC(=Nc1ccc(C#N)cc1)Nc1ccccc1. The van der Waals surface area contributed by atoms with Gasteiger partial charge in [0.2, 0.25) is 5.96 Å². The van der Waals surface area contributed by atoms with Crippen LogP contribution in [0.2, 0.25) is 0 Å². The van der Waals surface area contributed by atoms with Gasteiger partial charge in [-0.2, -0.15) is 10.5 Å². The van der Waals surface area contributed by atoms with Crippen molar-refractivity contribution in [1.82, 2.24) is 5.32 Å². The zero-order valence-corrected chi connectivity index (χ0v) is 10.5. The lowest BCUT2D eigenvalue weighted by atomic mass is 10.2. The number of benzene rings is 2. The Hall–Kier alpha value is -3.31. The number of para-hydroxylation sites is 1. The van der Waals surface area contributed by atoms with Crippen molar-refractivity contribution in [3.8, 4) is 12.3 Å². The van der Waals surface area contributed by atoms with Gasteiger partial charge in [0.25, 0.3) is 0 Å². The second kappa shape index (κ2) is 6.58. The Bertz CT molecular complexity index is 675. The Morgan fingerprint density at radius 1 is 0.950 bits per heavy atom. The summed E-state index contributed by atoms with van der Waals surface area (Å²) in [6.07, 6.45) is 1.84. The second-order valence-corrected chi connectivity index (χ2v) is 3.85. The third kappa shape index (κ3) is 3.59. The minimum atomic E-state index is 0.323. The number of guanidine groups is 1. The Morgan fingerprint density at radius 2 is 1.65 bits per heavy atom. The van der Waals surface area contributed by atoms with Crippen LogP contribution in [0.5, 0.6) is 0 Å². The first kappa shape index (κ1) is 13.1. The zero-order valence-electron chi connectivity index (χ0n) is 10.5. The van der Waals surface area contributed by atoms with Gasteiger partial charge in [0, 0.05) is 5.69 Å². The van der Waals surface area contributed by atoms with Gasteiger partial charge in [0.05, 0.1) is 17.3 Å². The van der Waals surface area contributed by atoms with Crippen molar-refractivity contribution in [1.29, 1.82) is 10.5 Å². The lowest BCUT2D eigenvalue weighted by Gasteiger charge is -2.07.